The first kappa shape index (κ1) is 17.7. The summed E-state index contributed by atoms with van der Waals surface area (Å²) in [7, 11) is 1.84. The van der Waals surface area contributed by atoms with Gasteiger partial charge in [0.25, 0.3) is 5.91 Å². The van der Waals surface area contributed by atoms with E-state index in [0.717, 1.165) is 30.7 Å². The lowest BCUT2D eigenvalue weighted by molar-refractivity contribution is -0.135. The molecule has 120 valence electrons. The SMILES string of the molecule is CNCCCNC(=O)CN1C(=O)NC(C)(C2CC2)C1=O.Cl. The molecule has 1 unspecified atom stereocenters. The summed E-state index contributed by atoms with van der Waals surface area (Å²) in [4.78, 5) is 36.9. The molecule has 0 aromatic carbocycles. The van der Waals surface area contributed by atoms with Gasteiger partial charge in [0.2, 0.25) is 5.91 Å². The fourth-order valence-electron chi connectivity index (χ4n) is 2.49. The van der Waals surface area contributed by atoms with Crippen molar-refractivity contribution in [2.45, 2.75) is 31.7 Å². The van der Waals surface area contributed by atoms with E-state index in [-0.39, 0.29) is 36.7 Å². The lowest BCUT2D eigenvalue weighted by Gasteiger charge is -2.20. The summed E-state index contributed by atoms with van der Waals surface area (Å²) >= 11 is 0. The maximum Gasteiger partial charge on any atom is 0.325 e. The summed E-state index contributed by atoms with van der Waals surface area (Å²) in [6.45, 7) is 2.88. The van der Waals surface area contributed by atoms with Crippen molar-refractivity contribution in [3.8, 4) is 0 Å². The smallest absolute Gasteiger partial charge is 0.325 e. The van der Waals surface area contributed by atoms with Crippen LogP contribution in [0.25, 0.3) is 0 Å². The monoisotopic (exact) mass is 318 g/mol. The third-order valence-electron chi connectivity index (χ3n) is 3.92. The molecule has 0 aromatic heterocycles. The van der Waals surface area contributed by atoms with Gasteiger partial charge < -0.3 is 16.0 Å². The molecule has 1 atom stereocenters. The molecule has 0 radical (unpaired) electrons. The van der Waals surface area contributed by atoms with Crippen molar-refractivity contribution in [3.05, 3.63) is 0 Å². The zero-order chi connectivity index (χ0) is 14.8. The molecule has 2 aliphatic rings. The minimum Gasteiger partial charge on any atom is -0.354 e. The number of hydrogen-bond donors (Lipinski definition) is 3. The number of nitrogens with zero attached hydrogens (tertiary/aromatic N) is 1. The van der Waals surface area contributed by atoms with Crippen LogP contribution in [0, 0.1) is 5.92 Å². The third kappa shape index (κ3) is 3.85. The first-order valence-corrected chi connectivity index (χ1v) is 7.04. The average molecular weight is 319 g/mol. The molecule has 1 saturated carbocycles. The second kappa shape index (κ2) is 7.09. The van der Waals surface area contributed by atoms with Crippen molar-refractivity contribution >= 4 is 30.3 Å². The van der Waals surface area contributed by atoms with Crippen LogP contribution in [0.1, 0.15) is 26.2 Å². The largest absolute Gasteiger partial charge is 0.354 e. The van der Waals surface area contributed by atoms with Gasteiger partial charge >= 0.3 is 6.03 Å². The second-order valence-electron chi connectivity index (χ2n) is 5.61. The molecule has 7 nitrogen and oxygen atoms in total. The molecule has 8 heteroatoms. The molecule has 1 aliphatic heterocycles. The number of halogens is 1. The van der Waals surface area contributed by atoms with Gasteiger partial charge in [-0.05, 0) is 45.7 Å². The normalized spacial score (nSPS) is 24.6. The highest BCUT2D eigenvalue weighted by molar-refractivity contribution is 6.09. The molecule has 3 N–H and O–H groups in total. The van der Waals surface area contributed by atoms with Gasteiger partial charge in [-0.15, -0.1) is 12.4 Å². The number of carbonyl (C=O) groups excluding carboxylic acids is 3. The molecular weight excluding hydrogens is 296 g/mol. The van der Waals surface area contributed by atoms with Gasteiger partial charge in [-0.1, -0.05) is 0 Å². The number of rotatable bonds is 7. The molecule has 0 aromatic rings. The van der Waals surface area contributed by atoms with E-state index in [0.29, 0.717) is 6.54 Å². The molecule has 0 bridgehead atoms. The number of hydrogen-bond acceptors (Lipinski definition) is 4. The minimum absolute atomic E-state index is 0. The average Bonchev–Trinajstić information content (AvgIpc) is 3.21. The topological polar surface area (TPSA) is 90.5 Å². The fourth-order valence-corrected chi connectivity index (χ4v) is 2.49. The Balaban J connectivity index is 0.00000220. The maximum absolute atomic E-state index is 12.3. The van der Waals surface area contributed by atoms with Gasteiger partial charge in [0.05, 0.1) is 0 Å². The maximum atomic E-state index is 12.3. The van der Waals surface area contributed by atoms with Crippen LogP contribution in [0.2, 0.25) is 0 Å². The quantitative estimate of drug-likeness (QED) is 0.450. The molecule has 2 fully saturated rings. The summed E-state index contributed by atoms with van der Waals surface area (Å²) < 4.78 is 0. The summed E-state index contributed by atoms with van der Waals surface area (Å²) in [5.41, 5.74) is -0.816. The van der Waals surface area contributed by atoms with Crippen LogP contribution in [0.4, 0.5) is 4.79 Å². The van der Waals surface area contributed by atoms with Crippen LogP contribution in [-0.4, -0.2) is 55.0 Å². The van der Waals surface area contributed by atoms with Crippen molar-refractivity contribution in [2.24, 2.45) is 5.92 Å². The van der Waals surface area contributed by atoms with E-state index in [4.69, 9.17) is 0 Å². The summed E-state index contributed by atoms with van der Waals surface area (Å²) in [5, 5.41) is 8.40. The highest BCUT2D eigenvalue weighted by Crippen LogP contribution is 2.42. The Labute approximate surface area is 130 Å². The van der Waals surface area contributed by atoms with Crippen LogP contribution >= 0.6 is 12.4 Å². The van der Waals surface area contributed by atoms with Crippen LogP contribution in [0.15, 0.2) is 0 Å². The summed E-state index contributed by atoms with van der Waals surface area (Å²) in [5.74, 6) is -0.373. The van der Waals surface area contributed by atoms with Gasteiger partial charge in [0.1, 0.15) is 12.1 Å². The zero-order valence-corrected chi connectivity index (χ0v) is 13.2. The van der Waals surface area contributed by atoms with Crippen LogP contribution in [0.5, 0.6) is 0 Å². The van der Waals surface area contributed by atoms with Gasteiger partial charge in [0.15, 0.2) is 0 Å². The molecule has 0 spiro atoms. The summed E-state index contributed by atoms with van der Waals surface area (Å²) in [6, 6.07) is -0.463. The predicted octanol–water partition coefficient (Wildman–Crippen LogP) is -0.146. The van der Waals surface area contributed by atoms with Crippen molar-refractivity contribution in [2.75, 3.05) is 26.7 Å². The number of urea groups is 1. The van der Waals surface area contributed by atoms with Crippen LogP contribution in [0.3, 0.4) is 0 Å². The third-order valence-corrected chi connectivity index (χ3v) is 3.92. The van der Waals surface area contributed by atoms with Crippen LogP contribution in [-0.2, 0) is 9.59 Å². The number of amides is 4. The Hall–Kier alpha value is -1.34. The van der Waals surface area contributed by atoms with Gasteiger partial charge in [-0.3, -0.25) is 14.5 Å². The van der Waals surface area contributed by atoms with Gasteiger partial charge in [-0.2, -0.15) is 0 Å². The van der Waals surface area contributed by atoms with Gasteiger partial charge in [0, 0.05) is 6.54 Å². The van der Waals surface area contributed by atoms with Crippen molar-refractivity contribution in [3.63, 3.8) is 0 Å². The second-order valence-corrected chi connectivity index (χ2v) is 5.61. The Morgan fingerprint density at radius 1 is 1.38 bits per heavy atom. The minimum atomic E-state index is -0.816. The van der Waals surface area contributed by atoms with Crippen molar-refractivity contribution in [1.29, 1.82) is 0 Å². The van der Waals surface area contributed by atoms with Gasteiger partial charge in [-0.25, -0.2) is 4.79 Å². The summed E-state index contributed by atoms with van der Waals surface area (Å²) in [6.07, 6.45) is 2.71. The standard InChI is InChI=1S/C13H22N4O3.ClH/c1-13(9-4-5-9)11(19)17(12(20)16-13)8-10(18)15-7-3-6-14-2;/h9,14H,3-8H2,1-2H3,(H,15,18)(H,16,20);1H. The zero-order valence-electron chi connectivity index (χ0n) is 12.4. The van der Waals surface area contributed by atoms with E-state index in [1.807, 2.05) is 7.05 Å². The Morgan fingerprint density at radius 2 is 2.05 bits per heavy atom. The van der Waals surface area contributed by atoms with Crippen molar-refractivity contribution < 1.29 is 14.4 Å². The van der Waals surface area contributed by atoms with E-state index in [1.165, 1.54) is 0 Å². The Kier molecular flexibility index (Phi) is 5.98. The number of nitrogens with one attached hydrogen (secondary N) is 3. The Bertz CT molecular complexity index is 428. The number of carbonyl (C=O) groups is 3. The highest BCUT2D eigenvalue weighted by Gasteiger charge is 2.56. The predicted molar refractivity (Wildman–Crippen MR) is 80.2 cm³/mol. The molecule has 1 heterocycles. The molecule has 4 amide bonds. The fraction of sp³-hybridized carbons (Fsp3) is 0.769. The van der Waals surface area contributed by atoms with E-state index >= 15 is 0 Å². The highest BCUT2D eigenvalue weighted by atomic mass is 35.5. The Morgan fingerprint density at radius 3 is 2.62 bits per heavy atom. The number of imide groups is 1. The van der Waals surface area contributed by atoms with Crippen LogP contribution < -0.4 is 16.0 Å². The molecule has 1 aliphatic carbocycles. The molecule has 21 heavy (non-hydrogen) atoms. The first-order valence-electron chi connectivity index (χ1n) is 7.04. The van der Waals surface area contributed by atoms with E-state index in [2.05, 4.69) is 16.0 Å². The lowest BCUT2D eigenvalue weighted by Crippen LogP contribution is -2.47. The van der Waals surface area contributed by atoms with E-state index < -0.39 is 11.6 Å². The molecule has 1 saturated heterocycles. The van der Waals surface area contributed by atoms with Crippen molar-refractivity contribution in [1.82, 2.24) is 20.9 Å². The molecule has 2 rings (SSSR count). The molecular formula is C13H23ClN4O3. The van der Waals surface area contributed by atoms with E-state index in [1.54, 1.807) is 6.92 Å². The van der Waals surface area contributed by atoms with E-state index in [9.17, 15) is 14.4 Å². The first-order chi connectivity index (χ1) is 9.49. The lowest BCUT2D eigenvalue weighted by atomic mass is 9.96.